The molecule has 1 heteroatoms. The molecular weight excluding hydrogens is 148 g/mol. The molecule has 0 aromatic heterocycles. The lowest BCUT2D eigenvalue weighted by molar-refractivity contribution is 0.203. The van der Waals surface area contributed by atoms with Gasteiger partial charge in [-0.3, -0.25) is 0 Å². The fourth-order valence-corrected chi connectivity index (χ4v) is 1.80. The topological polar surface area (TPSA) is 9.23 Å². The Morgan fingerprint density at radius 1 is 1.17 bits per heavy atom. The Kier molecular flexibility index (Phi) is 1.01. The molecule has 1 aromatic carbocycles. The first-order chi connectivity index (χ1) is 5.95. The van der Waals surface area contributed by atoms with Crippen molar-refractivity contribution in [2.24, 2.45) is 0 Å². The molecule has 0 bridgehead atoms. The molecule has 1 heterocycles. The zero-order valence-corrected chi connectivity index (χ0v) is 6.53. The van der Waals surface area contributed by atoms with Crippen molar-refractivity contribution in [3.05, 3.63) is 53.3 Å². The lowest BCUT2D eigenvalue weighted by atomic mass is 10.1. The summed E-state index contributed by atoms with van der Waals surface area (Å²) < 4.78 is 5.45. The lowest BCUT2D eigenvalue weighted by Crippen LogP contribution is -1.93. The van der Waals surface area contributed by atoms with Gasteiger partial charge in [-0.25, -0.2) is 0 Å². The van der Waals surface area contributed by atoms with E-state index in [1.165, 1.54) is 16.7 Å². The molecular formula is C11H8O. The highest BCUT2D eigenvalue weighted by Crippen LogP contribution is 2.40. The van der Waals surface area contributed by atoms with Crippen molar-refractivity contribution >= 4 is 6.08 Å². The summed E-state index contributed by atoms with van der Waals surface area (Å²) in [6.07, 6.45) is 6.17. The van der Waals surface area contributed by atoms with Gasteiger partial charge in [0.15, 0.2) is 0 Å². The third kappa shape index (κ3) is 0.632. The molecule has 0 saturated carbocycles. The number of fused-ring (bicyclic) bond motifs is 3. The van der Waals surface area contributed by atoms with Gasteiger partial charge in [0.25, 0.3) is 0 Å². The molecule has 12 heavy (non-hydrogen) atoms. The monoisotopic (exact) mass is 156 g/mol. The fraction of sp³-hybridized carbons (Fsp3) is 0.0909. The average Bonchev–Trinajstić information content (AvgIpc) is 2.62. The van der Waals surface area contributed by atoms with Crippen LogP contribution in [0.25, 0.3) is 6.08 Å². The van der Waals surface area contributed by atoms with E-state index in [-0.39, 0.29) is 6.10 Å². The van der Waals surface area contributed by atoms with E-state index in [1.807, 2.05) is 6.08 Å². The highest BCUT2D eigenvalue weighted by Gasteiger charge is 2.26. The lowest BCUT2D eigenvalue weighted by Gasteiger charge is -2.07. The van der Waals surface area contributed by atoms with Gasteiger partial charge in [0.05, 0.1) is 6.26 Å². The second-order valence-corrected chi connectivity index (χ2v) is 3.09. The number of rotatable bonds is 0. The Balaban J connectivity index is 2.22. The molecule has 1 aliphatic heterocycles. The summed E-state index contributed by atoms with van der Waals surface area (Å²) >= 11 is 0. The predicted molar refractivity (Wildman–Crippen MR) is 47.4 cm³/mol. The molecule has 58 valence electrons. The van der Waals surface area contributed by atoms with Crippen molar-refractivity contribution < 1.29 is 4.74 Å². The fourth-order valence-electron chi connectivity index (χ4n) is 1.80. The Hall–Kier alpha value is -1.50. The maximum Gasteiger partial charge on any atom is 0.149 e. The molecule has 0 radical (unpaired) electrons. The van der Waals surface area contributed by atoms with E-state index < -0.39 is 0 Å². The molecule has 1 aliphatic carbocycles. The molecule has 3 rings (SSSR count). The highest BCUT2D eigenvalue weighted by atomic mass is 16.5. The third-order valence-electron chi connectivity index (χ3n) is 2.38. The van der Waals surface area contributed by atoms with Crippen LogP contribution in [0.1, 0.15) is 17.2 Å². The van der Waals surface area contributed by atoms with Crippen molar-refractivity contribution in [1.82, 2.24) is 0 Å². The zero-order valence-electron chi connectivity index (χ0n) is 6.53. The van der Waals surface area contributed by atoms with Gasteiger partial charge in [-0.2, -0.15) is 0 Å². The maximum atomic E-state index is 5.45. The Morgan fingerprint density at radius 3 is 3.08 bits per heavy atom. The quantitative estimate of drug-likeness (QED) is 0.561. The minimum Gasteiger partial charge on any atom is -0.489 e. The third-order valence-corrected chi connectivity index (χ3v) is 2.38. The van der Waals surface area contributed by atoms with E-state index >= 15 is 0 Å². The van der Waals surface area contributed by atoms with Crippen LogP contribution in [0.4, 0.5) is 0 Å². The van der Waals surface area contributed by atoms with Crippen LogP contribution in [-0.2, 0) is 4.74 Å². The average molecular weight is 156 g/mol. The zero-order chi connectivity index (χ0) is 7.97. The Labute approximate surface area is 71.0 Å². The molecule has 1 unspecified atom stereocenters. The number of ether oxygens (including phenoxy) is 1. The van der Waals surface area contributed by atoms with Gasteiger partial charge in [0.1, 0.15) is 6.10 Å². The van der Waals surface area contributed by atoms with Gasteiger partial charge >= 0.3 is 0 Å². The molecule has 1 aromatic rings. The molecule has 0 N–H and O–H groups in total. The minimum atomic E-state index is 0.182. The number of hydrogen-bond donors (Lipinski definition) is 0. The number of hydrogen-bond acceptors (Lipinski definition) is 1. The molecule has 0 spiro atoms. The van der Waals surface area contributed by atoms with Crippen molar-refractivity contribution in [1.29, 1.82) is 0 Å². The summed E-state index contributed by atoms with van der Waals surface area (Å²) in [5.74, 6) is 0. The van der Waals surface area contributed by atoms with Crippen LogP contribution in [0.2, 0.25) is 0 Å². The summed E-state index contributed by atoms with van der Waals surface area (Å²) in [7, 11) is 0. The second-order valence-electron chi connectivity index (χ2n) is 3.09. The van der Waals surface area contributed by atoms with Gasteiger partial charge in [-0.05, 0) is 17.7 Å². The molecule has 2 aliphatic rings. The van der Waals surface area contributed by atoms with Gasteiger partial charge in [0, 0.05) is 11.1 Å². The first kappa shape index (κ1) is 6.06. The van der Waals surface area contributed by atoms with Crippen molar-refractivity contribution in [3.63, 3.8) is 0 Å². The largest absolute Gasteiger partial charge is 0.489 e. The minimum absolute atomic E-state index is 0.182. The van der Waals surface area contributed by atoms with Crippen LogP contribution in [0.3, 0.4) is 0 Å². The van der Waals surface area contributed by atoms with E-state index in [1.54, 1.807) is 6.26 Å². The van der Waals surface area contributed by atoms with E-state index in [2.05, 4.69) is 30.3 Å². The standard InChI is InChI=1S/C11H8O/c1-2-4-10-8(3-1)7-9-5-6-12-11(9)10/h1-7,11H. The molecule has 1 atom stereocenters. The van der Waals surface area contributed by atoms with Gasteiger partial charge in [0.2, 0.25) is 0 Å². The normalized spacial score (nSPS) is 23.0. The summed E-state index contributed by atoms with van der Waals surface area (Å²) in [5, 5.41) is 0. The van der Waals surface area contributed by atoms with Crippen LogP contribution in [0, 0.1) is 0 Å². The van der Waals surface area contributed by atoms with Crippen LogP contribution in [-0.4, -0.2) is 0 Å². The van der Waals surface area contributed by atoms with Crippen molar-refractivity contribution in [2.45, 2.75) is 6.10 Å². The summed E-state index contributed by atoms with van der Waals surface area (Å²) in [5.41, 5.74) is 3.86. The van der Waals surface area contributed by atoms with E-state index in [4.69, 9.17) is 4.74 Å². The van der Waals surface area contributed by atoms with Gasteiger partial charge in [-0.15, -0.1) is 0 Å². The molecule has 1 nitrogen and oxygen atoms in total. The van der Waals surface area contributed by atoms with Crippen molar-refractivity contribution in [2.75, 3.05) is 0 Å². The second kappa shape index (κ2) is 2.01. The van der Waals surface area contributed by atoms with E-state index in [0.717, 1.165) is 0 Å². The summed E-state index contributed by atoms with van der Waals surface area (Å²) in [6.45, 7) is 0. The summed E-state index contributed by atoms with van der Waals surface area (Å²) in [6, 6.07) is 8.35. The van der Waals surface area contributed by atoms with Crippen LogP contribution in [0.15, 0.2) is 42.2 Å². The van der Waals surface area contributed by atoms with Gasteiger partial charge in [-0.1, -0.05) is 24.3 Å². The molecule has 0 amide bonds. The first-order valence-electron chi connectivity index (χ1n) is 4.08. The Morgan fingerprint density at radius 2 is 2.08 bits per heavy atom. The summed E-state index contributed by atoms with van der Waals surface area (Å²) in [4.78, 5) is 0. The first-order valence-corrected chi connectivity index (χ1v) is 4.08. The number of benzene rings is 1. The molecule has 0 fully saturated rings. The SMILES string of the molecule is C1=CC2=Cc3ccccc3C2O1. The van der Waals surface area contributed by atoms with Crippen LogP contribution in [0.5, 0.6) is 0 Å². The predicted octanol–water partition coefficient (Wildman–Crippen LogP) is 2.67. The maximum absolute atomic E-state index is 5.45. The van der Waals surface area contributed by atoms with E-state index in [9.17, 15) is 0 Å². The van der Waals surface area contributed by atoms with Crippen molar-refractivity contribution in [3.8, 4) is 0 Å². The smallest absolute Gasteiger partial charge is 0.149 e. The van der Waals surface area contributed by atoms with Crippen LogP contribution >= 0.6 is 0 Å². The molecule has 0 saturated heterocycles. The van der Waals surface area contributed by atoms with Crippen LogP contribution < -0.4 is 0 Å². The van der Waals surface area contributed by atoms with Gasteiger partial charge < -0.3 is 4.74 Å². The Bertz CT molecular complexity index is 388. The van der Waals surface area contributed by atoms with E-state index in [0.29, 0.717) is 0 Å². The highest BCUT2D eigenvalue weighted by molar-refractivity contribution is 5.69.